The highest BCUT2D eigenvalue weighted by atomic mass is 16.5. The second kappa shape index (κ2) is 3.53. The van der Waals surface area contributed by atoms with Crippen LogP contribution in [0.15, 0.2) is 23.8 Å². The van der Waals surface area contributed by atoms with E-state index in [2.05, 4.69) is 0 Å². The number of hydrogen-bond acceptors (Lipinski definition) is 4. The molecule has 0 spiro atoms. The number of methoxy groups -OCH3 is 2. The van der Waals surface area contributed by atoms with Crippen molar-refractivity contribution in [2.45, 2.75) is 0 Å². The molecule has 2 rings (SSSR count). The molecule has 0 aliphatic heterocycles. The third kappa shape index (κ3) is 1.37. The minimum absolute atomic E-state index is 0.0171. The number of allylic oxidation sites excluding steroid dienone is 3. The van der Waals surface area contributed by atoms with E-state index in [1.165, 1.54) is 14.2 Å². The summed E-state index contributed by atoms with van der Waals surface area (Å²) in [6.45, 7) is 0. The van der Waals surface area contributed by atoms with Crippen LogP contribution in [0.5, 0.6) is 0 Å². The largest absolute Gasteiger partial charge is 0.469 e. The molecule has 0 saturated heterocycles. The van der Waals surface area contributed by atoms with Gasteiger partial charge in [-0.05, 0) is 5.57 Å². The monoisotopic (exact) mass is 208 g/mol. The van der Waals surface area contributed by atoms with Crippen LogP contribution >= 0.6 is 0 Å². The highest BCUT2D eigenvalue weighted by Crippen LogP contribution is 2.43. The molecule has 0 radical (unpaired) electrons. The van der Waals surface area contributed by atoms with Crippen LogP contribution in [-0.2, 0) is 19.1 Å². The molecule has 4 nitrogen and oxygen atoms in total. The lowest BCUT2D eigenvalue weighted by molar-refractivity contribution is -0.156. The minimum atomic E-state index is -0.488. The molecule has 3 atom stereocenters. The fraction of sp³-hybridized carbons (Fsp3) is 0.455. The van der Waals surface area contributed by atoms with Gasteiger partial charge < -0.3 is 9.47 Å². The van der Waals surface area contributed by atoms with Crippen molar-refractivity contribution in [3.8, 4) is 0 Å². The van der Waals surface area contributed by atoms with Gasteiger partial charge in [-0.2, -0.15) is 0 Å². The lowest BCUT2D eigenvalue weighted by Gasteiger charge is -2.23. The number of carbonyl (C=O) groups is 2. The lowest BCUT2D eigenvalue weighted by atomic mass is 9.82. The van der Waals surface area contributed by atoms with Gasteiger partial charge in [0.2, 0.25) is 0 Å². The molecule has 0 fully saturated rings. The van der Waals surface area contributed by atoms with E-state index >= 15 is 0 Å². The molecule has 80 valence electrons. The molecule has 15 heavy (non-hydrogen) atoms. The summed E-state index contributed by atoms with van der Waals surface area (Å²) >= 11 is 0. The van der Waals surface area contributed by atoms with Gasteiger partial charge in [-0.25, -0.2) is 0 Å². The Labute approximate surface area is 87.5 Å². The third-order valence-corrected chi connectivity index (χ3v) is 2.96. The van der Waals surface area contributed by atoms with E-state index in [1.54, 1.807) is 0 Å². The molecule has 3 unspecified atom stereocenters. The van der Waals surface area contributed by atoms with Crippen molar-refractivity contribution in [2.75, 3.05) is 14.2 Å². The average molecular weight is 208 g/mol. The van der Waals surface area contributed by atoms with Gasteiger partial charge in [-0.1, -0.05) is 18.2 Å². The zero-order chi connectivity index (χ0) is 11.0. The normalized spacial score (nSPS) is 31.3. The average Bonchev–Trinajstić information content (AvgIpc) is 2.86. The summed E-state index contributed by atoms with van der Waals surface area (Å²) in [5.74, 6) is -1.68. The second-order valence-electron chi connectivity index (χ2n) is 3.65. The molecular weight excluding hydrogens is 196 g/mol. The van der Waals surface area contributed by atoms with Gasteiger partial charge in [0.15, 0.2) is 0 Å². The van der Waals surface area contributed by atoms with Crippen molar-refractivity contribution >= 4 is 11.9 Å². The first-order valence-electron chi connectivity index (χ1n) is 4.74. The van der Waals surface area contributed by atoms with E-state index in [4.69, 9.17) is 9.47 Å². The predicted octanol–water partition coefficient (Wildman–Crippen LogP) is 0.691. The Balaban J connectivity index is 2.27. The molecule has 2 aliphatic rings. The number of esters is 2. The summed E-state index contributed by atoms with van der Waals surface area (Å²) in [5, 5.41) is 0. The van der Waals surface area contributed by atoms with Crippen molar-refractivity contribution in [1.82, 2.24) is 0 Å². The van der Waals surface area contributed by atoms with E-state index < -0.39 is 11.8 Å². The predicted molar refractivity (Wildman–Crippen MR) is 51.7 cm³/mol. The molecule has 0 aromatic carbocycles. The van der Waals surface area contributed by atoms with E-state index in [1.807, 2.05) is 18.2 Å². The number of rotatable bonds is 2. The maximum atomic E-state index is 11.5. The van der Waals surface area contributed by atoms with Crippen molar-refractivity contribution in [2.24, 2.45) is 17.8 Å². The van der Waals surface area contributed by atoms with Crippen LogP contribution in [0.4, 0.5) is 0 Å². The van der Waals surface area contributed by atoms with Crippen LogP contribution in [0.2, 0.25) is 0 Å². The second-order valence-corrected chi connectivity index (χ2v) is 3.65. The molecule has 0 N–H and O–H groups in total. The maximum Gasteiger partial charge on any atom is 0.314 e. The third-order valence-electron chi connectivity index (χ3n) is 2.96. The molecular formula is C11H12O4. The highest BCUT2D eigenvalue weighted by Gasteiger charge is 2.47. The Bertz CT molecular complexity index is 367. The number of hydrogen-bond donors (Lipinski definition) is 0. The van der Waals surface area contributed by atoms with Crippen LogP contribution in [0.3, 0.4) is 0 Å². The van der Waals surface area contributed by atoms with Crippen LogP contribution in [0.1, 0.15) is 0 Å². The molecule has 0 saturated carbocycles. The van der Waals surface area contributed by atoms with E-state index in [9.17, 15) is 9.59 Å². The fourth-order valence-electron chi connectivity index (χ4n) is 2.25. The van der Waals surface area contributed by atoms with Crippen molar-refractivity contribution < 1.29 is 19.1 Å². The highest BCUT2D eigenvalue weighted by molar-refractivity contribution is 5.88. The molecule has 4 heteroatoms. The summed E-state index contributed by atoms with van der Waals surface area (Å²) < 4.78 is 9.39. The van der Waals surface area contributed by atoms with Gasteiger partial charge >= 0.3 is 11.9 Å². The van der Waals surface area contributed by atoms with E-state index in [0.29, 0.717) is 0 Å². The smallest absolute Gasteiger partial charge is 0.314 e. The quantitative estimate of drug-likeness (QED) is 0.626. The molecule has 0 amide bonds. The van der Waals surface area contributed by atoms with Crippen LogP contribution in [0, 0.1) is 17.8 Å². The number of fused-ring (bicyclic) bond motifs is 1. The summed E-state index contributed by atoms with van der Waals surface area (Å²) in [5.41, 5.74) is 0.863. The maximum absolute atomic E-state index is 11.5. The first kappa shape index (κ1) is 9.96. The Kier molecular flexibility index (Phi) is 2.34. The van der Waals surface area contributed by atoms with Crippen LogP contribution in [-0.4, -0.2) is 26.2 Å². The number of ether oxygens (including phenoxy) is 2. The van der Waals surface area contributed by atoms with E-state index in [-0.39, 0.29) is 17.9 Å². The molecule has 0 aromatic rings. The number of carbonyl (C=O) groups excluding carboxylic acids is 2. The Morgan fingerprint density at radius 3 is 2.47 bits per heavy atom. The van der Waals surface area contributed by atoms with E-state index in [0.717, 1.165) is 5.57 Å². The SMILES string of the molecule is COC(=O)C1C2=CC(C=C2)C1C(=O)OC. The molecule has 0 aromatic heterocycles. The summed E-state index contributed by atoms with van der Waals surface area (Å²) in [6, 6.07) is 0. The zero-order valence-corrected chi connectivity index (χ0v) is 8.60. The Hall–Kier alpha value is -1.58. The Morgan fingerprint density at radius 2 is 1.87 bits per heavy atom. The molecule has 0 heterocycles. The first-order chi connectivity index (χ1) is 7.19. The van der Waals surface area contributed by atoms with Gasteiger partial charge in [0.25, 0.3) is 0 Å². The van der Waals surface area contributed by atoms with Crippen molar-refractivity contribution in [1.29, 1.82) is 0 Å². The zero-order valence-electron chi connectivity index (χ0n) is 8.60. The fourth-order valence-corrected chi connectivity index (χ4v) is 2.25. The van der Waals surface area contributed by atoms with Gasteiger partial charge in [0, 0.05) is 5.92 Å². The van der Waals surface area contributed by atoms with Gasteiger partial charge in [-0.15, -0.1) is 0 Å². The van der Waals surface area contributed by atoms with Gasteiger partial charge in [0.05, 0.1) is 26.1 Å². The summed E-state index contributed by atoms with van der Waals surface area (Å²) in [6.07, 6.45) is 5.70. The summed E-state index contributed by atoms with van der Waals surface area (Å²) in [7, 11) is 2.66. The Morgan fingerprint density at radius 1 is 1.20 bits per heavy atom. The topological polar surface area (TPSA) is 52.6 Å². The minimum Gasteiger partial charge on any atom is -0.469 e. The summed E-state index contributed by atoms with van der Waals surface area (Å²) in [4.78, 5) is 23.1. The van der Waals surface area contributed by atoms with Crippen molar-refractivity contribution in [3.05, 3.63) is 23.8 Å². The first-order valence-corrected chi connectivity index (χ1v) is 4.74. The van der Waals surface area contributed by atoms with Crippen molar-refractivity contribution in [3.63, 3.8) is 0 Å². The van der Waals surface area contributed by atoms with Gasteiger partial charge in [0.1, 0.15) is 0 Å². The van der Waals surface area contributed by atoms with Gasteiger partial charge in [-0.3, -0.25) is 9.59 Å². The molecule has 2 aliphatic carbocycles. The van der Waals surface area contributed by atoms with Crippen LogP contribution < -0.4 is 0 Å². The standard InChI is InChI=1S/C11H12O4/c1-14-10(12)8-6-3-4-7(5-6)9(8)11(13)15-2/h3-6,8-9H,1-2H3. The molecule has 2 bridgehead atoms. The lowest BCUT2D eigenvalue weighted by Crippen LogP contribution is -2.34. The van der Waals surface area contributed by atoms with Crippen LogP contribution in [0.25, 0.3) is 0 Å².